The number of nitrogens with one attached hydrogen (secondary N) is 1. The molecule has 1 atom stereocenters. The number of hydrogen-bond acceptors (Lipinski definition) is 5. The zero-order valence-corrected chi connectivity index (χ0v) is 16.2. The Morgan fingerprint density at radius 3 is 2.22 bits per heavy atom. The quantitative estimate of drug-likeness (QED) is 0.719. The van der Waals surface area contributed by atoms with Gasteiger partial charge in [-0.15, -0.1) is 0 Å². The van der Waals surface area contributed by atoms with Crippen molar-refractivity contribution in [1.82, 2.24) is 20.0 Å². The lowest BCUT2D eigenvalue weighted by molar-refractivity contribution is -0.136. The molecule has 0 spiro atoms. The molecule has 3 aliphatic rings. The number of amides is 5. The molecule has 3 rings (SSSR count). The largest absolute Gasteiger partial charge is 0.444 e. The Morgan fingerprint density at radius 2 is 1.63 bits per heavy atom. The fraction of sp³-hybridized carbons (Fsp3) is 0.778. The SMILES string of the molecule is CC(C)(C)OC(=O)N1CCC(N2CCN(C3CCC(=O)NC3=O)C2=O)CC1. The van der Waals surface area contributed by atoms with Crippen LogP contribution in [-0.2, 0) is 14.3 Å². The van der Waals surface area contributed by atoms with Crippen LogP contribution < -0.4 is 5.32 Å². The number of urea groups is 1. The van der Waals surface area contributed by atoms with Crippen molar-refractivity contribution < 1.29 is 23.9 Å². The zero-order valence-electron chi connectivity index (χ0n) is 16.2. The summed E-state index contributed by atoms with van der Waals surface area (Å²) in [5.74, 6) is -0.671. The number of carbonyl (C=O) groups is 4. The van der Waals surface area contributed by atoms with E-state index in [0.717, 1.165) is 0 Å². The van der Waals surface area contributed by atoms with Gasteiger partial charge in [0.2, 0.25) is 11.8 Å². The Hall–Kier alpha value is -2.32. The predicted molar refractivity (Wildman–Crippen MR) is 95.8 cm³/mol. The van der Waals surface area contributed by atoms with Crippen molar-refractivity contribution >= 4 is 23.9 Å². The summed E-state index contributed by atoms with van der Waals surface area (Å²) < 4.78 is 5.40. The molecular formula is C18H28N4O5. The Bertz CT molecular complexity index is 636. The van der Waals surface area contributed by atoms with Crippen LogP contribution in [0, 0.1) is 0 Å². The van der Waals surface area contributed by atoms with Gasteiger partial charge < -0.3 is 19.4 Å². The van der Waals surface area contributed by atoms with Crippen molar-refractivity contribution in [1.29, 1.82) is 0 Å². The minimum atomic E-state index is -0.568. The van der Waals surface area contributed by atoms with Crippen LogP contribution in [-0.4, -0.2) is 82.5 Å². The summed E-state index contributed by atoms with van der Waals surface area (Å²) in [7, 11) is 0. The second kappa shape index (κ2) is 7.36. The summed E-state index contributed by atoms with van der Waals surface area (Å²) in [4.78, 5) is 53.4. The topological polar surface area (TPSA) is 99.3 Å². The number of hydrogen-bond donors (Lipinski definition) is 1. The van der Waals surface area contributed by atoms with Crippen LogP contribution in [0.4, 0.5) is 9.59 Å². The number of nitrogens with zero attached hydrogens (tertiary/aromatic N) is 3. The third kappa shape index (κ3) is 4.33. The van der Waals surface area contributed by atoms with Gasteiger partial charge >= 0.3 is 12.1 Å². The number of likely N-dealkylation sites (tertiary alicyclic amines) is 1. The van der Waals surface area contributed by atoms with Crippen LogP contribution in [0.3, 0.4) is 0 Å². The van der Waals surface area contributed by atoms with Gasteiger partial charge in [-0.1, -0.05) is 0 Å². The van der Waals surface area contributed by atoms with E-state index in [1.54, 1.807) is 14.7 Å². The molecule has 1 N–H and O–H groups in total. The summed E-state index contributed by atoms with van der Waals surface area (Å²) in [6.07, 6.45) is 1.69. The molecule has 9 heteroatoms. The molecule has 3 fully saturated rings. The predicted octanol–water partition coefficient (Wildman–Crippen LogP) is 0.929. The summed E-state index contributed by atoms with van der Waals surface area (Å²) in [5, 5.41) is 2.31. The average molecular weight is 380 g/mol. The number of rotatable bonds is 2. The van der Waals surface area contributed by atoms with Gasteiger partial charge in [-0.3, -0.25) is 14.9 Å². The normalized spacial score (nSPS) is 25.1. The number of piperidine rings is 2. The van der Waals surface area contributed by atoms with E-state index in [2.05, 4.69) is 5.32 Å². The van der Waals surface area contributed by atoms with Crippen molar-refractivity contribution in [3.63, 3.8) is 0 Å². The molecule has 3 saturated heterocycles. The molecule has 0 bridgehead atoms. The molecule has 5 amide bonds. The molecule has 27 heavy (non-hydrogen) atoms. The molecule has 0 radical (unpaired) electrons. The first-order valence-electron chi connectivity index (χ1n) is 9.54. The lowest BCUT2D eigenvalue weighted by Gasteiger charge is -2.37. The third-order valence-electron chi connectivity index (χ3n) is 5.22. The van der Waals surface area contributed by atoms with Crippen molar-refractivity contribution in [2.24, 2.45) is 0 Å². The molecule has 3 aliphatic heterocycles. The molecule has 3 heterocycles. The first-order chi connectivity index (χ1) is 12.7. The Balaban J connectivity index is 1.53. The van der Waals surface area contributed by atoms with E-state index >= 15 is 0 Å². The van der Waals surface area contributed by atoms with Crippen LogP contribution >= 0.6 is 0 Å². The van der Waals surface area contributed by atoms with Crippen LogP contribution in [0.15, 0.2) is 0 Å². The number of imide groups is 1. The van der Waals surface area contributed by atoms with Crippen molar-refractivity contribution in [3.8, 4) is 0 Å². The van der Waals surface area contributed by atoms with E-state index in [-0.39, 0.29) is 36.4 Å². The second-order valence-corrected chi connectivity index (χ2v) is 8.33. The summed E-state index contributed by atoms with van der Waals surface area (Å²) in [5.41, 5.74) is -0.526. The fourth-order valence-electron chi connectivity index (χ4n) is 3.87. The van der Waals surface area contributed by atoms with Crippen LogP contribution in [0.5, 0.6) is 0 Å². The Kier molecular flexibility index (Phi) is 5.30. The molecule has 150 valence electrons. The van der Waals surface area contributed by atoms with E-state index < -0.39 is 11.6 Å². The van der Waals surface area contributed by atoms with Crippen LogP contribution in [0.1, 0.15) is 46.5 Å². The van der Waals surface area contributed by atoms with Crippen molar-refractivity contribution in [2.75, 3.05) is 26.2 Å². The highest BCUT2D eigenvalue weighted by molar-refractivity contribution is 6.01. The number of carbonyl (C=O) groups excluding carboxylic acids is 4. The van der Waals surface area contributed by atoms with E-state index in [1.807, 2.05) is 20.8 Å². The molecular weight excluding hydrogens is 352 g/mol. The minimum absolute atomic E-state index is 0.0504. The van der Waals surface area contributed by atoms with Gasteiger partial charge in [-0.2, -0.15) is 0 Å². The molecule has 0 aromatic heterocycles. The van der Waals surface area contributed by atoms with Crippen LogP contribution in [0.2, 0.25) is 0 Å². The fourth-order valence-corrected chi connectivity index (χ4v) is 3.87. The first-order valence-corrected chi connectivity index (χ1v) is 9.54. The first kappa shape index (κ1) is 19.4. The molecule has 0 saturated carbocycles. The highest BCUT2D eigenvalue weighted by atomic mass is 16.6. The molecule has 0 aromatic carbocycles. The highest BCUT2D eigenvalue weighted by Gasteiger charge is 2.42. The lowest BCUT2D eigenvalue weighted by Crippen LogP contribution is -2.54. The average Bonchev–Trinajstić information content (AvgIpc) is 2.95. The van der Waals surface area contributed by atoms with Gasteiger partial charge in [-0.25, -0.2) is 9.59 Å². The smallest absolute Gasteiger partial charge is 0.410 e. The maximum atomic E-state index is 12.8. The van der Waals surface area contributed by atoms with Gasteiger partial charge in [0.25, 0.3) is 0 Å². The van der Waals surface area contributed by atoms with Gasteiger partial charge in [0, 0.05) is 38.6 Å². The summed E-state index contributed by atoms with van der Waals surface area (Å²) in [6, 6.07) is -0.670. The summed E-state index contributed by atoms with van der Waals surface area (Å²) >= 11 is 0. The monoisotopic (exact) mass is 380 g/mol. The van der Waals surface area contributed by atoms with Gasteiger partial charge in [0.1, 0.15) is 11.6 Å². The standard InChI is InChI=1S/C18H28N4O5/c1-18(2,3)27-17(26)20-8-6-12(7-9-20)21-10-11-22(16(21)25)13-4-5-14(23)19-15(13)24/h12-13H,4-11H2,1-3H3,(H,19,23,24). The molecule has 0 aromatic rings. The second-order valence-electron chi connectivity index (χ2n) is 8.33. The molecule has 9 nitrogen and oxygen atoms in total. The summed E-state index contributed by atoms with van der Waals surface area (Å²) in [6.45, 7) is 7.65. The van der Waals surface area contributed by atoms with Crippen molar-refractivity contribution in [2.45, 2.75) is 64.1 Å². The van der Waals surface area contributed by atoms with Crippen LogP contribution in [0.25, 0.3) is 0 Å². The maximum Gasteiger partial charge on any atom is 0.410 e. The van der Waals surface area contributed by atoms with E-state index in [0.29, 0.717) is 45.4 Å². The zero-order chi connectivity index (χ0) is 19.8. The van der Waals surface area contributed by atoms with E-state index in [9.17, 15) is 19.2 Å². The van der Waals surface area contributed by atoms with E-state index in [1.165, 1.54) is 0 Å². The van der Waals surface area contributed by atoms with E-state index in [4.69, 9.17) is 4.74 Å². The maximum absolute atomic E-state index is 12.8. The minimum Gasteiger partial charge on any atom is -0.444 e. The van der Waals surface area contributed by atoms with Gasteiger partial charge in [-0.05, 0) is 40.0 Å². The van der Waals surface area contributed by atoms with Gasteiger partial charge in [0.15, 0.2) is 0 Å². The third-order valence-corrected chi connectivity index (χ3v) is 5.22. The lowest BCUT2D eigenvalue weighted by atomic mass is 10.0. The highest BCUT2D eigenvalue weighted by Crippen LogP contribution is 2.25. The van der Waals surface area contributed by atoms with Gasteiger partial charge in [0.05, 0.1) is 0 Å². The Labute approximate surface area is 159 Å². The molecule has 1 unspecified atom stereocenters. The molecule has 0 aliphatic carbocycles. The van der Waals surface area contributed by atoms with Crippen molar-refractivity contribution in [3.05, 3.63) is 0 Å². The Morgan fingerprint density at radius 1 is 1.00 bits per heavy atom. The number of ether oxygens (including phenoxy) is 1.